The van der Waals surface area contributed by atoms with Crippen LogP contribution in [0.25, 0.3) is 0 Å². The fraction of sp³-hybridized carbons (Fsp3) is 0.200. The number of hydrazine groups is 1. The van der Waals surface area contributed by atoms with E-state index in [1.54, 1.807) is 14.2 Å². The minimum atomic E-state index is -0.147. The predicted octanol–water partition coefficient (Wildman–Crippen LogP) is 2.26. The van der Waals surface area contributed by atoms with E-state index in [0.717, 1.165) is 11.1 Å². The highest BCUT2D eigenvalue weighted by atomic mass is 16.5. The van der Waals surface area contributed by atoms with Crippen molar-refractivity contribution in [2.75, 3.05) is 14.2 Å². The van der Waals surface area contributed by atoms with Crippen molar-refractivity contribution < 1.29 is 9.47 Å². The molecule has 0 aliphatic heterocycles. The normalized spacial score (nSPS) is 11.9. The molecule has 3 N–H and O–H groups in total. The maximum atomic E-state index is 5.71. The molecule has 0 fully saturated rings. The van der Waals surface area contributed by atoms with E-state index in [4.69, 9.17) is 15.3 Å². The number of benzene rings is 2. The van der Waals surface area contributed by atoms with E-state index in [0.29, 0.717) is 11.5 Å². The minimum absolute atomic E-state index is 0.147. The molecule has 0 saturated heterocycles. The molecule has 0 spiro atoms. The van der Waals surface area contributed by atoms with Gasteiger partial charge in [0.05, 0.1) is 20.3 Å². The topological polar surface area (TPSA) is 56.5 Å². The van der Waals surface area contributed by atoms with Gasteiger partial charge in [0.25, 0.3) is 0 Å². The van der Waals surface area contributed by atoms with Crippen molar-refractivity contribution in [3.8, 4) is 11.5 Å². The number of hydrogen-bond acceptors (Lipinski definition) is 4. The zero-order chi connectivity index (χ0) is 13.7. The lowest BCUT2D eigenvalue weighted by atomic mass is 9.98. The summed E-state index contributed by atoms with van der Waals surface area (Å²) in [5.41, 5.74) is 4.83. The van der Waals surface area contributed by atoms with Crippen molar-refractivity contribution in [2.45, 2.75) is 6.04 Å². The molecule has 2 aromatic rings. The lowest BCUT2D eigenvalue weighted by Crippen LogP contribution is -2.29. The second-order valence-electron chi connectivity index (χ2n) is 4.09. The number of ether oxygens (including phenoxy) is 2. The second-order valence-corrected chi connectivity index (χ2v) is 4.09. The molecule has 0 aromatic heterocycles. The van der Waals surface area contributed by atoms with Crippen LogP contribution in [0.3, 0.4) is 0 Å². The lowest BCUT2D eigenvalue weighted by molar-refractivity contribution is 0.349. The summed E-state index contributed by atoms with van der Waals surface area (Å²) in [6, 6.07) is 15.6. The third kappa shape index (κ3) is 2.70. The summed E-state index contributed by atoms with van der Waals surface area (Å²) in [5, 5.41) is 0. The third-order valence-electron chi connectivity index (χ3n) is 3.04. The highest BCUT2D eigenvalue weighted by Crippen LogP contribution is 2.36. The fourth-order valence-electron chi connectivity index (χ4n) is 2.15. The van der Waals surface area contributed by atoms with Crippen LogP contribution < -0.4 is 20.7 Å². The molecule has 0 saturated carbocycles. The third-order valence-corrected chi connectivity index (χ3v) is 3.04. The van der Waals surface area contributed by atoms with Crippen LogP contribution in [0.15, 0.2) is 48.5 Å². The van der Waals surface area contributed by atoms with Crippen molar-refractivity contribution >= 4 is 0 Å². The highest BCUT2D eigenvalue weighted by Gasteiger charge is 2.19. The van der Waals surface area contributed by atoms with Crippen LogP contribution in [0.4, 0.5) is 0 Å². The van der Waals surface area contributed by atoms with Crippen LogP contribution in [-0.2, 0) is 0 Å². The van der Waals surface area contributed by atoms with E-state index < -0.39 is 0 Å². The summed E-state index contributed by atoms with van der Waals surface area (Å²) >= 11 is 0. The largest absolute Gasteiger partial charge is 0.493 e. The fourth-order valence-corrected chi connectivity index (χ4v) is 2.15. The van der Waals surface area contributed by atoms with Gasteiger partial charge in [-0.3, -0.25) is 5.84 Å². The average Bonchev–Trinajstić information content (AvgIpc) is 2.48. The Morgan fingerprint density at radius 1 is 0.947 bits per heavy atom. The van der Waals surface area contributed by atoms with Gasteiger partial charge in [-0.05, 0) is 11.6 Å². The zero-order valence-electron chi connectivity index (χ0n) is 11.1. The number of methoxy groups -OCH3 is 2. The Balaban J connectivity index is 2.50. The molecule has 0 bridgehead atoms. The lowest BCUT2D eigenvalue weighted by Gasteiger charge is -2.20. The van der Waals surface area contributed by atoms with Crippen LogP contribution >= 0.6 is 0 Å². The number of para-hydroxylation sites is 1. The Kier molecular flexibility index (Phi) is 4.39. The van der Waals surface area contributed by atoms with Gasteiger partial charge in [0.15, 0.2) is 11.5 Å². The van der Waals surface area contributed by atoms with Gasteiger partial charge < -0.3 is 9.47 Å². The summed E-state index contributed by atoms with van der Waals surface area (Å²) in [4.78, 5) is 0. The van der Waals surface area contributed by atoms with E-state index in [1.165, 1.54) is 0 Å². The van der Waals surface area contributed by atoms with Crippen molar-refractivity contribution in [1.29, 1.82) is 0 Å². The molecule has 19 heavy (non-hydrogen) atoms. The van der Waals surface area contributed by atoms with Crippen molar-refractivity contribution in [1.82, 2.24) is 5.43 Å². The highest BCUT2D eigenvalue weighted by molar-refractivity contribution is 5.50. The number of nitrogens with one attached hydrogen (secondary N) is 1. The van der Waals surface area contributed by atoms with E-state index in [1.807, 2.05) is 48.5 Å². The molecule has 0 heterocycles. The van der Waals surface area contributed by atoms with Crippen LogP contribution in [0.1, 0.15) is 17.2 Å². The maximum absolute atomic E-state index is 5.71. The van der Waals surface area contributed by atoms with Gasteiger partial charge in [0, 0.05) is 5.56 Å². The number of hydrogen-bond donors (Lipinski definition) is 2. The summed E-state index contributed by atoms with van der Waals surface area (Å²) in [6.07, 6.45) is 0. The number of rotatable bonds is 5. The van der Waals surface area contributed by atoms with E-state index >= 15 is 0 Å². The quantitative estimate of drug-likeness (QED) is 0.638. The van der Waals surface area contributed by atoms with Gasteiger partial charge in [-0.25, -0.2) is 5.43 Å². The van der Waals surface area contributed by atoms with E-state index in [-0.39, 0.29) is 6.04 Å². The molecule has 4 heteroatoms. The smallest absolute Gasteiger partial charge is 0.165 e. The van der Waals surface area contributed by atoms with Gasteiger partial charge in [-0.1, -0.05) is 42.5 Å². The molecule has 0 aliphatic carbocycles. The Bertz CT molecular complexity index is 529. The molecule has 2 rings (SSSR count). The van der Waals surface area contributed by atoms with Gasteiger partial charge in [0.2, 0.25) is 0 Å². The first-order valence-corrected chi connectivity index (χ1v) is 6.03. The van der Waals surface area contributed by atoms with Gasteiger partial charge in [0.1, 0.15) is 0 Å². The Morgan fingerprint density at radius 2 is 1.68 bits per heavy atom. The molecule has 100 valence electrons. The molecular weight excluding hydrogens is 240 g/mol. The van der Waals surface area contributed by atoms with Crippen molar-refractivity contribution in [3.05, 3.63) is 59.7 Å². The Morgan fingerprint density at radius 3 is 2.26 bits per heavy atom. The first kappa shape index (κ1) is 13.4. The molecular formula is C15H18N2O2. The molecule has 2 aromatic carbocycles. The number of nitrogens with two attached hydrogens (primary N) is 1. The van der Waals surface area contributed by atoms with Gasteiger partial charge >= 0.3 is 0 Å². The first-order valence-electron chi connectivity index (χ1n) is 6.03. The van der Waals surface area contributed by atoms with Crippen LogP contribution in [0.2, 0.25) is 0 Å². The van der Waals surface area contributed by atoms with Crippen LogP contribution in [0.5, 0.6) is 11.5 Å². The van der Waals surface area contributed by atoms with E-state index in [2.05, 4.69) is 5.43 Å². The molecule has 1 atom stereocenters. The molecule has 0 amide bonds. The summed E-state index contributed by atoms with van der Waals surface area (Å²) in [5.74, 6) is 7.09. The SMILES string of the molecule is COc1cccc(C(NN)c2ccccc2)c1OC. The van der Waals surface area contributed by atoms with Gasteiger partial charge in [-0.2, -0.15) is 0 Å². The Labute approximate surface area is 113 Å². The first-order chi connectivity index (χ1) is 9.31. The van der Waals surface area contributed by atoms with Crippen molar-refractivity contribution in [3.63, 3.8) is 0 Å². The minimum Gasteiger partial charge on any atom is -0.493 e. The molecule has 0 aliphatic rings. The molecule has 0 radical (unpaired) electrons. The van der Waals surface area contributed by atoms with Crippen LogP contribution in [0, 0.1) is 0 Å². The monoisotopic (exact) mass is 258 g/mol. The maximum Gasteiger partial charge on any atom is 0.165 e. The van der Waals surface area contributed by atoms with Crippen molar-refractivity contribution in [2.24, 2.45) is 5.84 Å². The molecule has 1 unspecified atom stereocenters. The predicted molar refractivity (Wildman–Crippen MR) is 75.2 cm³/mol. The average molecular weight is 258 g/mol. The van der Waals surface area contributed by atoms with Gasteiger partial charge in [-0.15, -0.1) is 0 Å². The molecule has 4 nitrogen and oxygen atoms in total. The van der Waals surface area contributed by atoms with E-state index in [9.17, 15) is 0 Å². The zero-order valence-corrected chi connectivity index (χ0v) is 11.1. The summed E-state index contributed by atoms with van der Waals surface area (Å²) < 4.78 is 10.8. The Hall–Kier alpha value is -2.04. The summed E-state index contributed by atoms with van der Waals surface area (Å²) in [6.45, 7) is 0. The second kappa shape index (κ2) is 6.22. The summed E-state index contributed by atoms with van der Waals surface area (Å²) in [7, 11) is 3.24. The van der Waals surface area contributed by atoms with Crippen LogP contribution in [-0.4, -0.2) is 14.2 Å². The standard InChI is InChI=1S/C15H18N2O2/c1-18-13-10-6-9-12(15(13)19-2)14(17-16)11-7-4-3-5-8-11/h3-10,14,17H,16H2,1-2H3.